The van der Waals surface area contributed by atoms with Gasteiger partial charge in [0.05, 0.1) is 23.3 Å². The van der Waals surface area contributed by atoms with Crippen LogP contribution in [0.15, 0.2) is 24.5 Å². The van der Waals surface area contributed by atoms with Crippen molar-refractivity contribution in [1.82, 2.24) is 15.0 Å². The van der Waals surface area contributed by atoms with Crippen molar-refractivity contribution in [3.63, 3.8) is 0 Å². The van der Waals surface area contributed by atoms with Gasteiger partial charge in [0.2, 0.25) is 0 Å². The van der Waals surface area contributed by atoms with Gasteiger partial charge in [0.15, 0.2) is 0 Å². The highest BCUT2D eigenvalue weighted by atomic mass is 35.5. The molecule has 2 heterocycles. The first-order valence-corrected chi connectivity index (χ1v) is 5.67. The van der Waals surface area contributed by atoms with E-state index in [0.29, 0.717) is 16.5 Å². The molecule has 1 amide bonds. The molecule has 0 atom stereocenters. The zero-order valence-corrected chi connectivity index (χ0v) is 10.7. The number of pyridine rings is 1. The summed E-state index contributed by atoms with van der Waals surface area (Å²) < 4.78 is 0. The predicted octanol–water partition coefficient (Wildman–Crippen LogP) is 2.39. The zero-order chi connectivity index (χ0) is 13.1. The van der Waals surface area contributed by atoms with Crippen LogP contribution >= 0.6 is 11.6 Å². The molecule has 0 fully saturated rings. The monoisotopic (exact) mass is 262 g/mol. The van der Waals surface area contributed by atoms with E-state index in [1.54, 1.807) is 25.3 Å². The van der Waals surface area contributed by atoms with Crippen LogP contribution < -0.4 is 5.32 Å². The van der Waals surface area contributed by atoms with Crippen LogP contribution in [0.3, 0.4) is 0 Å². The van der Waals surface area contributed by atoms with Crippen LogP contribution in [-0.4, -0.2) is 20.9 Å². The van der Waals surface area contributed by atoms with Gasteiger partial charge in [0, 0.05) is 6.20 Å². The quantitative estimate of drug-likeness (QED) is 0.844. The second kappa shape index (κ2) is 5.10. The average Bonchev–Trinajstić information content (AvgIpc) is 2.33. The molecule has 0 aliphatic rings. The molecule has 0 unspecified atom stereocenters. The maximum Gasteiger partial charge on any atom is 0.275 e. The van der Waals surface area contributed by atoms with Crippen LogP contribution in [0.1, 0.15) is 21.9 Å². The lowest BCUT2D eigenvalue weighted by molar-refractivity contribution is 0.102. The molecule has 0 saturated heterocycles. The maximum atomic E-state index is 11.9. The number of halogens is 1. The van der Waals surface area contributed by atoms with Crippen LogP contribution in [0.4, 0.5) is 5.69 Å². The normalized spacial score (nSPS) is 10.2. The number of carbonyl (C=O) groups excluding carboxylic acids is 1. The number of hydrogen-bond donors (Lipinski definition) is 1. The summed E-state index contributed by atoms with van der Waals surface area (Å²) in [5.74, 6) is -0.324. The first-order valence-electron chi connectivity index (χ1n) is 5.29. The maximum absolute atomic E-state index is 11.9. The molecule has 0 aliphatic heterocycles. The van der Waals surface area contributed by atoms with Gasteiger partial charge in [-0.1, -0.05) is 11.6 Å². The first-order chi connectivity index (χ1) is 8.56. The molecule has 2 rings (SSSR count). The van der Waals surface area contributed by atoms with Crippen molar-refractivity contribution in [2.75, 3.05) is 5.32 Å². The highest BCUT2D eigenvalue weighted by Crippen LogP contribution is 2.16. The first kappa shape index (κ1) is 12.4. The van der Waals surface area contributed by atoms with Gasteiger partial charge in [0.25, 0.3) is 5.91 Å². The molecular formula is C12H11ClN4O. The van der Waals surface area contributed by atoms with E-state index in [-0.39, 0.29) is 11.6 Å². The molecule has 0 radical (unpaired) electrons. The van der Waals surface area contributed by atoms with E-state index in [1.165, 1.54) is 6.20 Å². The molecule has 0 saturated carbocycles. The van der Waals surface area contributed by atoms with Crippen molar-refractivity contribution in [2.24, 2.45) is 0 Å². The fraction of sp³-hybridized carbons (Fsp3) is 0.167. The molecule has 2 aromatic heterocycles. The summed E-state index contributed by atoms with van der Waals surface area (Å²) in [5, 5.41) is 3.10. The van der Waals surface area contributed by atoms with Crippen molar-refractivity contribution in [1.29, 1.82) is 0 Å². The Labute approximate surface area is 109 Å². The van der Waals surface area contributed by atoms with Crippen LogP contribution in [0, 0.1) is 13.8 Å². The molecule has 2 aromatic rings. The summed E-state index contributed by atoms with van der Waals surface area (Å²) in [6.45, 7) is 3.57. The molecule has 1 N–H and O–H groups in total. The van der Waals surface area contributed by atoms with Crippen molar-refractivity contribution in [2.45, 2.75) is 13.8 Å². The summed E-state index contributed by atoms with van der Waals surface area (Å²) >= 11 is 5.74. The van der Waals surface area contributed by atoms with Gasteiger partial charge in [-0.15, -0.1) is 0 Å². The number of rotatable bonds is 2. The number of aromatic nitrogens is 3. The van der Waals surface area contributed by atoms with E-state index in [0.717, 1.165) is 5.69 Å². The van der Waals surface area contributed by atoms with Gasteiger partial charge in [0.1, 0.15) is 10.8 Å². The van der Waals surface area contributed by atoms with E-state index in [2.05, 4.69) is 20.3 Å². The largest absolute Gasteiger partial charge is 0.319 e. The van der Waals surface area contributed by atoms with Crippen LogP contribution in [0.5, 0.6) is 0 Å². The number of aryl methyl sites for hydroxylation is 2. The van der Waals surface area contributed by atoms with Gasteiger partial charge in [-0.25, -0.2) is 9.97 Å². The molecule has 5 nitrogen and oxygen atoms in total. The number of nitrogens with zero attached hydrogens (tertiary/aromatic N) is 3. The molecule has 0 aliphatic carbocycles. The fourth-order valence-corrected chi connectivity index (χ4v) is 1.55. The Bertz CT molecular complexity index is 583. The Morgan fingerprint density at radius 3 is 2.61 bits per heavy atom. The minimum atomic E-state index is -0.324. The number of carbonyl (C=O) groups is 1. The Balaban J connectivity index is 2.18. The molecule has 0 bridgehead atoms. The van der Waals surface area contributed by atoms with Crippen molar-refractivity contribution < 1.29 is 4.79 Å². The lowest BCUT2D eigenvalue weighted by Crippen LogP contribution is -2.15. The minimum absolute atomic E-state index is 0.259. The lowest BCUT2D eigenvalue weighted by atomic mass is 10.3. The molecule has 6 heteroatoms. The van der Waals surface area contributed by atoms with Crippen molar-refractivity contribution >= 4 is 23.2 Å². The Morgan fingerprint density at radius 1 is 1.22 bits per heavy atom. The number of nitrogens with one attached hydrogen (secondary N) is 1. The SMILES string of the molecule is Cc1cnc(C(=O)Nc2ccc(Cl)nc2C)cn1. The fourth-order valence-electron chi connectivity index (χ4n) is 1.36. The average molecular weight is 263 g/mol. The molecule has 0 spiro atoms. The summed E-state index contributed by atoms with van der Waals surface area (Å²) in [7, 11) is 0. The molecule has 0 aromatic carbocycles. The van der Waals surface area contributed by atoms with E-state index < -0.39 is 0 Å². The van der Waals surface area contributed by atoms with Crippen LogP contribution in [-0.2, 0) is 0 Å². The standard InChI is InChI=1S/C12H11ClN4O/c1-7-5-15-10(6-14-7)12(18)17-9-3-4-11(13)16-8(9)2/h3-6H,1-2H3,(H,17,18). The van der Waals surface area contributed by atoms with Gasteiger partial charge in [-0.2, -0.15) is 0 Å². The van der Waals surface area contributed by atoms with Crippen molar-refractivity contribution in [3.8, 4) is 0 Å². The van der Waals surface area contributed by atoms with Crippen LogP contribution in [0.25, 0.3) is 0 Å². The summed E-state index contributed by atoms with van der Waals surface area (Å²) in [6, 6.07) is 3.31. The summed E-state index contributed by atoms with van der Waals surface area (Å²) in [4.78, 5) is 24.0. The lowest BCUT2D eigenvalue weighted by Gasteiger charge is -2.07. The van der Waals surface area contributed by atoms with Gasteiger partial charge in [-0.3, -0.25) is 9.78 Å². The third kappa shape index (κ3) is 2.81. The van der Waals surface area contributed by atoms with Crippen LogP contribution in [0.2, 0.25) is 5.15 Å². The number of anilines is 1. The Morgan fingerprint density at radius 2 is 2.00 bits per heavy atom. The Hall–Kier alpha value is -2.01. The second-order valence-electron chi connectivity index (χ2n) is 3.76. The molecular weight excluding hydrogens is 252 g/mol. The molecule has 92 valence electrons. The number of amides is 1. The Kier molecular flexibility index (Phi) is 3.53. The minimum Gasteiger partial charge on any atom is -0.319 e. The van der Waals surface area contributed by atoms with E-state index in [1.807, 2.05) is 6.92 Å². The highest BCUT2D eigenvalue weighted by Gasteiger charge is 2.10. The number of hydrogen-bond acceptors (Lipinski definition) is 4. The van der Waals surface area contributed by atoms with Gasteiger partial charge < -0.3 is 5.32 Å². The topological polar surface area (TPSA) is 67.8 Å². The smallest absolute Gasteiger partial charge is 0.275 e. The summed E-state index contributed by atoms with van der Waals surface area (Å²) in [6.07, 6.45) is 2.98. The third-order valence-electron chi connectivity index (χ3n) is 2.31. The second-order valence-corrected chi connectivity index (χ2v) is 4.15. The van der Waals surface area contributed by atoms with E-state index in [9.17, 15) is 4.79 Å². The van der Waals surface area contributed by atoms with E-state index >= 15 is 0 Å². The van der Waals surface area contributed by atoms with E-state index in [4.69, 9.17) is 11.6 Å². The third-order valence-corrected chi connectivity index (χ3v) is 2.52. The summed E-state index contributed by atoms with van der Waals surface area (Å²) in [5.41, 5.74) is 2.27. The van der Waals surface area contributed by atoms with Gasteiger partial charge >= 0.3 is 0 Å². The van der Waals surface area contributed by atoms with Gasteiger partial charge in [-0.05, 0) is 26.0 Å². The van der Waals surface area contributed by atoms with Crippen molar-refractivity contribution in [3.05, 3.63) is 46.8 Å². The predicted molar refractivity (Wildman–Crippen MR) is 68.7 cm³/mol. The zero-order valence-electron chi connectivity index (χ0n) is 9.94. The molecule has 18 heavy (non-hydrogen) atoms. The highest BCUT2D eigenvalue weighted by molar-refractivity contribution is 6.29.